The molecule has 0 amide bonds. The van der Waals surface area contributed by atoms with Crippen molar-refractivity contribution in [3.8, 4) is 0 Å². The zero-order valence-electron chi connectivity index (χ0n) is 13.7. The summed E-state index contributed by atoms with van der Waals surface area (Å²) in [6, 6.07) is 4.23. The van der Waals surface area contributed by atoms with Gasteiger partial charge in [-0.1, -0.05) is 32.8 Å². The van der Waals surface area contributed by atoms with E-state index in [9.17, 15) is 4.79 Å². The molecule has 0 bridgehead atoms. The highest BCUT2D eigenvalue weighted by molar-refractivity contribution is 5.81. The van der Waals surface area contributed by atoms with Gasteiger partial charge in [-0.3, -0.25) is 9.13 Å². The first-order chi connectivity index (χ1) is 9.97. The Hall–Kier alpha value is -1.77. The number of allylic oxidation sites excluding steroid dienone is 1. The molecular formula is C18H26N2O. The maximum absolute atomic E-state index is 12.7. The van der Waals surface area contributed by atoms with Crippen LogP contribution in [-0.2, 0) is 6.54 Å². The van der Waals surface area contributed by atoms with E-state index in [-0.39, 0.29) is 5.69 Å². The maximum Gasteiger partial charge on any atom is 0.333 e. The first-order valence-corrected chi connectivity index (χ1v) is 7.85. The number of aromatic nitrogens is 2. The molecule has 3 nitrogen and oxygen atoms in total. The van der Waals surface area contributed by atoms with Crippen LogP contribution in [0.15, 0.2) is 23.5 Å². The van der Waals surface area contributed by atoms with E-state index >= 15 is 0 Å². The fourth-order valence-electron chi connectivity index (χ4n) is 2.79. The van der Waals surface area contributed by atoms with Crippen molar-refractivity contribution in [2.24, 2.45) is 0 Å². The minimum absolute atomic E-state index is 0.0407. The number of unbranched alkanes of at least 4 members (excludes halogenated alkanes) is 3. The number of hydrogen-bond donors (Lipinski definition) is 0. The fourth-order valence-corrected chi connectivity index (χ4v) is 2.79. The second-order valence-electron chi connectivity index (χ2n) is 5.99. The van der Waals surface area contributed by atoms with Gasteiger partial charge in [-0.05, 0) is 50.5 Å². The highest BCUT2D eigenvalue weighted by Gasteiger charge is 2.14. The maximum atomic E-state index is 12.7. The van der Waals surface area contributed by atoms with Crippen LogP contribution in [0.25, 0.3) is 16.7 Å². The van der Waals surface area contributed by atoms with Crippen LogP contribution in [0.1, 0.15) is 50.7 Å². The molecule has 1 aromatic carbocycles. The van der Waals surface area contributed by atoms with Crippen LogP contribution in [0.3, 0.4) is 0 Å². The van der Waals surface area contributed by atoms with Crippen LogP contribution < -0.4 is 5.69 Å². The van der Waals surface area contributed by atoms with E-state index in [2.05, 4.69) is 39.5 Å². The summed E-state index contributed by atoms with van der Waals surface area (Å²) < 4.78 is 3.65. The topological polar surface area (TPSA) is 26.9 Å². The summed E-state index contributed by atoms with van der Waals surface area (Å²) >= 11 is 0. The van der Waals surface area contributed by atoms with Crippen LogP contribution in [0, 0.1) is 13.8 Å². The van der Waals surface area contributed by atoms with Crippen LogP contribution in [-0.4, -0.2) is 9.13 Å². The monoisotopic (exact) mass is 286 g/mol. The summed E-state index contributed by atoms with van der Waals surface area (Å²) in [4.78, 5) is 12.7. The molecule has 0 spiro atoms. The second kappa shape index (κ2) is 6.33. The van der Waals surface area contributed by atoms with Gasteiger partial charge in [0, 0.05) is 12.2 Å². The van der Waals surface area contributed by atoms with Crippen molar-refractivity contribution in [2.75, 3.05) is 0 Å². The lowest BCUT2D eigenvalue weighted by molar-refractivity contribution is 0.578. The summed E-state index contributed by atoms with van der Waals surface area (Å²) in [5.41, 5.74) is 5.26. The molecule has 114 valence electrons. The number of aryl methyl sites for hydroxylation is 3. The van der Waals surface area contributed by atoms with Gasteiger partial charge in [0.05, 0.1) is 11.0 Å². The highest BCUT2D eigenvalue weighted by Crippen LogP contribution is 2.21. The van der Waals surface area contributed by atoms with Crippen molar-refractivity contribution in [3.63, 3.8) is 0 Å². The Morgan fingerprint density at radius 1 is 1.10 bits per heavy atom. The van der Waals surface area contributed by atoms with E-state index < -0.39 is 0 Å². The molecule has 0 radical (unpaired) electrons. The van der Waals surface area contributed by atoms with Gasteiger partial charge in [-0.2, -0.15) is 0 Å². The molecule has 0 aliphatic rings. The third kappa shape index (κ3) is 2.97. The van der Waals surface area contributed by atoms with E-state index in [0.29, 0.717) is 0 Å². The van der Waals surface area contributed by atoms with Gasteiger partial charge in [0.15, 0.2) is 0 Å². The molecular weight excluding hydrogens is 260 g/mol. The van der Waals surface area contributed by atoms with Crippen molar-refractivity contribution < 1.29 is 0 Å². The minimum atomic E-state index is 0.0407. The molecule has 1 heterocycles. The Bertz CT molecular complexity index is 719. The number of rotatable bonds is 6. The lowest BCUT2D eigenvalue weighted by Gasteiger charge is -2.05. The van der Waals surface area contributed by atoms with Crippen LogP contribution in [0.5, 0.6) is 0 Å². The molecule has 0 aliphatic carbocycles. The van der Waals surface area contributed by atoms with Crippen molar-refractivity contribution in [3.05, 3.63) is 40.3 Å². The van der Waals surface area contributed by atoms with Crippen molar-refractivity contribution in [2.45, 2.75) is 59.9 Å². The summed E-state index contributed by atoms with van der Waals surface area (Å²) in [7, 11) is 0. The smallest absolute Gasteiger partial charge is 0.292 e. The lowest BCUT2D eigenvalue weighted by atomic mass is 10.1. The quantitative estimate of drug-likeness (QED) is 0.719. The Morgan fingerprint density at radius 3 is 2.29 bits per heavy atom. The largest absolute Gasteiger partial charge is 0.333 e. The fraction of sp³-hybridized carbons (Fsp3) is 0.500. The van der Waals surface area contributed by atoms with Crippen molar-refractivity contribution in [1.29, 1.82) is 0 Å². The molecule has 0 aliphatic heterocycles. The first-order valence-electron chi connectivity index (χ1n) is 7.85. The van der Waals surface area contributed by atoms with Gasteiger partial charge in [-0.15, -0.1) is 0 Å². The van der Waals surface area contributed by atoms with Gasteiger partial charge >= 0.3 is 5.69 Å². The number of hydrogen-bond acceptors (Lipinski definition) is 1. The number of benzene rings is 1. The third-order valence-electron chi connectivity index (χ3n) is 4.16. The average molecular weight is 286 g/mol. The molecule has 0 fully saturated rings. The van der Waals surface area contributed by atoms with Gasteiger partial charge in [0.25, 0.3) is 0 Å². The summed E-state index contributed by atoms with van der Waals surface area (Å²) in [5, 5.41) is 0. The molecule has 0 atom stereocenters. The number of fused-ring (bicyclic) bond motifs is 1. The summed E-state index contributed by atoms with van der Waals surface area (Å²) in [5.74, 6) is 0. The second-order valence-corrected chi connectivity index (χ2v) is 5.99. The van der Waals surface area contributed by atoms with Crippen molar-refractivity contribution in [1.82, 2.24) is 9.13 Å². The predicted octanol–water partition coefficient (Wildman–Crippen LogP) is 4.49. The zero-order chi connectivity index (χ0) is 15.6. The van der Waals surface area contributed by atoms with E-state index in [1.54, 1.807) is 4.57 Å². The van der Waals surface area contributed by atoms with Crippen molar-refractivity contribution >= 4 is 16.7 Å². The van der Waals surface area contributed by atoms with E-state index in [1.807, 2.05) is 11.5 Å². The molecule has 0 saturated carbocycles. The standard InChI is InChI=1S/C18H26N2O/c1-6-7-8-9-10-19-16-11-14(4)15(5)12-17(16)20(13(2)3)18(19)21/h11-12H,2,6-10H2,1,3-5H3. The van der Waals surface area contributed by atoms with Gasteiger partial charge in [0.1, 0.15) is 0 Å². The Morgan fingerprint density at radius 2 is 1.71 bits per heavy atom. The van der Waals surface area contributed by atoms with E-state index in [0.717, 1.165) is 29.7 Å². The van der Waals surface area contributed by atoms with Gasteiger partial charge in [-0.25, -0.2) is 4.79 Å². The molecule has 21 heavy (non-hydrogen) atoms. The van der Waals surface area contributed by atoms with Crippen LogP contribution in [0.2, 0.25) is 0 Å². The zero-order valence-corrected chi connectivity index (χ0v) is 13.7. The molecule has 0 N–H and O–H groups in total. The number of nitrogens with zero attached hydrogens (tertiary/aromatic N) is 2. The average Bonchev–Trinajstić information content (AvgIpc) is 2.68. The van der Waals surface area contributed by atoms with Crippen LogP contribution in [0.4, 0.5) is 0 Å². The van der Waals surface area contributed by atoms with Gasteiger partial charge in [0.2, 0.25) is 0 Å². The van der Waals surface area contributed by atoms with Gasteiger partial charge < -0.3 is 0 Å². The Labute approximate surface area is 126 Å². The number of imidazole rings is 1. The predicted molar refractivity (Wildman–Crippen MR) is 90.8 cm³/mol. The summed E-state index contributed by atoms with van der Waals surface area (Å²) in [6.07, 6.45) is 4.66. The highest BCUT2D eigenvalue weighted by atomic mass is 16.1. The Kier molecular flexibility index (Phi) is 4.71. The molecule has 3 heteroatoms. The molecule has 0 unspecified atom stereocenters. The normalized spacial score (nSPS) is 11.2. The van der Waals surface area contributed by atoms with E-state index in [1.165, 1.54) is 30.4 Å². The molecule has 2 rings (SSSR count). The molecule has 1 aromatic heterocycles. The molecule has 2 aromatic rings. The minimum Gasteiger partial charge on any atom is -0.292 e. The first kappa shape index (κ1) is 15.6. The van der Waals surface area contributed by atoms with Crippen LogP contribution >= 0.6 is 0 Å². The summed E-state index contributed by atoms with van der Waals surface area (Å²) in [6.45, 7) is 13.0. The molecule has 0 saturated heterocycles. The van der Waals surface area contributed by atoms with E-state index in [4.69, 9.17) is 0 Å². The third-order valence-corrected chi connectivity index (χ3v) is 4.16. The SMILES string of the molecule is C=C(C)n1c(=O)n(CCCCCC)c2cc(C)c(C)cc21. The lowest BCUT2D eigenvalue weighted by Crippen LogP contribution is -2.23. The Balaban J connectivity index is 2.53.